The second-order valence-electron chi connectivity index (χ2n) is 3.89. The molecule has 0 amide bonds. The minimum atomic E-state index is 0.879. The maximum Gasteiger partial charge on any atom is 0.152 e. The zero-order chi connectivity index (χ0) is 10.4. The lowest BCUT2D eigenvalue weighted by Gasteiger charge is -1.99. The van der Waals surface area contributed by atoms with Crippen LogP contribution >= 0.6 is 15.9 Å². The first-order valence-electron chi connectivity index (χ1n) is 5.07. The Labute approximate surface area is 96.0 Å². The number of aldehydes is 1. The molecule has 3 rings (SSSR count). The minimum absolute atomic E-state index is 0.879. The molecule has 1 aliphatic heterocycles. The molecular weight excluding hydrogens is 254 g/mol. The molecule has 0 unspecified atom stereocenters. The van der Waals surface area contributed by atoms with Crippen LogP contribution in [0.1, 0.15) is 22.5 Å². The van der Waals surface area contributed by atoms with E-state index in [1.54, 1.807) is 0 Å². The third kappa shape index (κ3) is 1.19. The van der Waals surface area contributed by atoms with Crippen LogP contribution in [0.25, 0.3) is 10.9 Å². The fourth-order valence-electron chi connectivity index (χ4n) is 2.47. The number of hydrogen-bond donors (Lipinski definition) is 0. The van der Waals surface area contributed by atoms with Gasteiger partial charge in [-0.15, -0.1) is 0 Å². The maximum atomic E-state index is 11.1. The summed E-state index contributed by atoms with van der Waals surface area (Å²) in [5.41, 5.74) is 3.27. The average molecular weight is 264 g/mol. The highest BCUT2D eigenvalue weighted by Gasteiger charge is 2.20. The van der Waals surface area contributed by atoms with Gasteiger partial charge in [0.1, 0.15) is 0 Å². The first kappa shape index (κ1) is 9.16. The van der Waals surface area contributed by atoms with Gasteiger partial charge >= 0.3 is 0 Å². The van der Waals surface area contributed by atoms with Crippen molar-refractivity contribution in [2.24, 2.45) is 0 Å². The number of carbonyl (C=O) groups excluding carboxylic acids is 1. The molecule has 0 spiro atoms. The summed E-state index contributed by atoms with van der Waals surface area (Å²) in [5, 5.41) is 1.08. The Bertz CT molecular complexity index is 556. The van der Waals surface area contributed by atoms with Gasteiger partial charge in [0.25, 0.3) is 0 Å². The molecule has 3 heteroatoms. The highest BCUT2D eigenvalue weighted by atomic mass is 79.9. The van der Waals surface area contributed by atoms with E-state index in [-0.39, 0.29) is 0 Å². The van der Waals surface area contributed by atoms with Crippen LogP contribution in [0.15, 0.2) is 22.7 Å². The Morgan fingerprint density at radius 2 is 2.27 bits per heavy atom. The molecule has 15 heavy (non-hydrogen) atoms. The van der Waals surface area contributed by atoms with Crippen molar-refractivity contribution in [3.8, 4) is 0 Å². The normalized spacial score (nSPS) is 14.5. The Hall–Kier alpha value is -1.09. The Kier molecular flexibility index (Phi) is 1.96. The number of halogens is 1. The number of rotatable bonds is 1. The van der Waals surface area contributed by atoms with Crippen molar-refractivity contribution < 1.29 is 4.79 Å². The van der Waals surface area contributed by atoms with Crippen LogP contribution in [0, 0.1) is 0 Å². The molecule has 0 aliphatic carbocycles. The summed E-state index contributed by atoms with van der Waals surface area (Å²) in [6.07, 6.45) is 3.18. The number of hydrogen-bond acceptors (Lipinski definition) is 1. The van der Waals surface area contributed by atoms with Crippen molar-refractivity contribution in [1.29, 1.82) is 0 Å². The number of benzene rings is 1. The number of fused-ring (bicyclic) bond motifs is 3. The van der Waals surface area contributed by atoms with Gasteiger partial charge in [0, 0.05) is 33.2 Å². The van der Waals surface area contributed by atoms with Gasteiger partial charge in [-0.3, -0.25) is 4.79 Å². The van der Waals surface area contributed by atoms with Crippen molar-refractivity contribution in [3.63, 3.8) is 0 Å². The zero-order valence-electron chi connectivity index (χ0n) is 8.16. The van der Waals surface area contributed by atoms with Gasteiger partial charge in [0.05, 0.1) is 0 Å². The lowest BCUT2D eigenvalue weighted by atomic mass is 10.1. The fourth-order valence-corrected chi connectivity index (χ4v) is 2.83. The van der Waals surface area contributed by atoms with E-state index in [1.165, 1.54) is 11.2 Å². The molecule has 1 aliphatic rings. The van der Waals surface area contributed by atoms with Gasteiger partial charge in [0.15, 0.2) is 6.29 Å². The van der Waals surface area contributed by atoms with Gasteiger partial charge in [-0.05, 0) is 31.0 Å². The smallest absolute Gasteiger partial charge is 0.152 e. The van der Waals surface area contributed by atoms with Crippen molar-refractivity contribution in [2.75, 3.05) is 0 Å². The Morgan fingerprint density at radius 3 is 3.07 bits per heavy atom. The first-order chi connectivity index (χ1) is 7.31. The predicted octanol–water partition coefficient (Wildman–Crippen LogP) is 3.16. The van der Waals surface area contributed by atoms with Crippen LogP contribution in [0.2, 0.25) is 0 Å². The van der Waals surface area contributed by atoms with E-state index in [0.717, 1.165) is 41.1 Å². The van der Waals surface area contributed by atoms with Crippen LogP contribution in [0.3, 0.4) is 0 Å². The summed E-state index contributed by atoms with van der Waals surface area (Å²) in [5.74, 6) is 0. The standard InChI is InChI=1S/C12H10BrNO/c13-8-3-4-12-9(6-8)10(7-15)11-2-1-5-14(11)12/h3-4,6-7H,1-2,5H2. The third-order valence-corrected chi connectivity index (χ3v) is 3.58. The fraction of sp³-hybridized carbons (Fsp3) is 0.250. The van der Waals surface area contributed by atoms with Crippen LogP contribution in [-0.4, -0.2) is 10.9 Å². The quantitative estimate of drug-likeness (QED) is 0.725. The van der Waals surface area contributed by atoms with Gasteiger partial charge in [-0.1, -0.05) is 15.9 Å². The van der Waals surface area contributed by atoms with Crippen molar-refractivity contribution in [3.05, 3.63) is 33.9 Å². The maximum absolute atomic E-state index is 11.1. The monoisotopic (exact) mass is 263 g/mol. The van der Waals surface area contributed by atoms with Crippen molar-refractivity contribution in [1.82, 2.24) is 4.57 Å². The molecule has 0 bridgehead atoms. The van der Waals surface area contributed by atoms with E-state index in [9.17, 15) is 4.79 Å². The molecule has 2 aromatic rings. The molecule has 0 radical (unpaired) electrons. The topological polar surface area (TPSA) is 22.0 Å². The van der Waals surface area contributed by atoms with Crippen molar-refractivity contribution in [2.45, 2.75) is 19.4 Å². The van der Waals surface area contributed by atoms with Crippen LogP contribution < -0.4 is 0 Å². The van der Waals surface area contributed by atoms with Gasteiger partial charge < -0.3 is 4.57 Å². The zero-order valence-corrected chi connectivity index (χ0v) is 9.75. The molecule has 1 aromatic heterocycles. The third-order valence-electron chi connectivity index (χ3n) is 3.09. The summed E-state index contributed by atoms with van der Waals surface area (Å²) < 4.78 is 3.30. The van der Waals surface area contributed by atoms with Crippen LogP contribution in [0.4, 0.5) is 0 Å². The SMILES string of the molecule is O=Cc1c2n(c3ccc(Br)cc13)CCC2. The molecule has 0 saturated heterocycles. The van der Waals surface area contributed by atoms with Crippen LogP contribution in [-0.2, 0) is 13.0 Å². The molecule has 1 aromatic carbocycles. The second-order valence-corrected chi connectivity index (χ2v) is 4.81. The van der Waals surface area contributed by atoms with Gasteiger partial charge in [-0.25, -0.2) is 0 Å². The highest BCUT2D eigenvalue weighted by molar-refractivity contribution is 9.10. The lowest BCUT2D eigenvalue weighted by Crippen LogP contribution is -1.91. The number of aryl methyl sites for hydroxylation is 1. The number of aromatic nitrogens is 1. The van der Waals surface area contributed by atoms with E-state index >= 15 is 0 Å². The molecule has 76 valence electrons. The molecular formula is C12H10BrNO. The summed E-state index contributed by atoms with van der Waals surface area (Å²) in [7, 11) is 0. The van der Waals surface area contributed by atoms with E-state index < -0.39 is 0 Å². The van der Waals surface area contributed by atoms with Gasteiger partial charge in [-0.2, -0.15) is 0 Å². The summed E-state index contributed by atoms with van der Waals surface area (Å²) in [6, 6.07) is 6.15. The number of carbonyl (C=O) groups is 1. The number of nitrogens with zero attached hydrogens (tertiary/aromatic N) is 1. The van der Waals surface area contributed by atoms with Crippen LogP contribution in [0.5, 0.6) is 0 Å². The van der Waals surface area contributed by atoms with Gasteiger partial charge in [0.2, 0.25) is 0 Å². The Balaban J connectivity index is 2.46. The molecule has 0 fully saturated rings. The Morgan fingerprint density at radius 1 is 1.40 bits per heavy atom. The van der Waals surface area contributed by atoms with E-state index in [2.05, 4.69) is 26.6 Å². The van der Waals surface area contributed by atoms with E-state index in [0.29, 0.717) is 0 Å². The largest absolute Gasteiger partial charge is 0.344 e. The first-order valence-corrected chi connectivity index (χ1v) is 5.86. The second kappa shape index (κ2) is 3.20. The molecule has 2 heterocycles. The molecule has 0 atom stereocenters. The molecule has 0 N–H and O–H groups in total. The molecule has 0 saturated carbocycles. The summed E-state index contributed by atoms with van der Waals surface area (Å²) in [4.78, 5) is 11.1. The molecule has 2 nitrogen and oxygen atoms in total. The highest BCUT2D eigenvalue weighted by Crippen LogP contribution is 2.31. The average Bonchev–Trinajstić information content (AvgIpc) is 2.76. The lowest BCUT2D eigenvalue weighted by molar-refractivity contribution is 0.112. The predicted molar refractivity (Wildman–Crippen MR) is 63.3 cm³/mol. The van der Waals surface area contributed by atoms with Crippen molar-refractivity contribution >= 4 is 33.1 Å². The minimum Gasteiger partial charge on any atom is -0.344 e. The van der Waals surface area contributed by atoms with E-state index in [4.69, 9.17) is 0 Å². The summed E-state index contributed by atoms with van der Waals surface area (Å²) in [6.45, 7) is 1.04. The summed E-state index contributed by atoms with van der Waals surface area (Å²) >= 11 is 3.44. The van der Waals surface area contributed by atoms with E-state index in [1.807, 2.05) is 12.1 Å².